The minimum absolute atomic E-state index is 0.0417. The third-order valence-corrected chi connectivity index (χ3v) is 4.53. The maximum atomic E-state index is 15.0. The van der Waals surface area contributed by atoms with E-state index in [0.717, 1.165) is 0 Å². The van der Waals surface area contributed by atoms with Gasteiger partial charge in [-0.05, 0) is 24.3 Å². The van der Waals surface area contributed by atoms with Gasteiger partial charge in [0.1, 0.15) is 22.9 Å². The van der Waals surface area contributed by atoms with Crippen LogP contribution in [-0.4, -0.2) is 0 Å². The minimum atomic E-state index is -5.55. The van der Waals surface area contributed by atoms with Gasteiger partial charge < -0.3 is 20.9 Å². The fraction of sp³-hybridized carbons (Fsp3) is 0.143. The third-order valence-electron chi connectivity index (χ3n) is 4.53. The van der Waals surface area contributed by atoms with Gasteiger partial charge in [-0.1, -0.05) is 0 Å². The standard InChI is InChI=1S/C21H11F11N2O2/c22-12-7-15(35-8-1-3-10(13(33)5-8)19(24,25)26)17(23)18(16(12)21(30,31)32)36-9-2-4-11(14(34)6-9)20(27,28)29/h1-7H,33-34H2. The Labute approximate surface area is 193 Å². The molecule has 0 aliphatic rings. The van der Waals surface area contributed by atoms with Crippen molar-refractivity contribution in [3.05, 3.63) is 70.8 Å². The largest absolute Gasteiger partial charge is 0.454 e. The molecule has 0 saturated heterocycles. The van der Waals surface area contributed by atoms with E-state index in [-0.39, 0.29) is 6.07 Å². The van der Waals surface area contributed by atoms with E-state index in [1.54, 1.807) is 0 Å². The number of hydrogen-bond acceptors (Lipinski definition) is 4. The van der Waals surface area contributed by atoms with Gasteiger partial charge in [0, 0.05) is 29.6 Å². The maximum absolute atomic E-state index is 15.0. The molecule has 0 aliphatic carbocycles. The van der Waals surface area contributed by atoms with Crippen molar-refractivity contribution in [3.63, 3.8) is 0 Å². The van der Waals surface area contributed by atoms with Crippen LogP contribution in [-0.2, 0) is 18.5 Å². The lowest BCUT2D eigenvalue weighted by Gasteiger charge is -2.19. The first-order valence-electron chi connectivity index (χ1n) is 9.28. The molecular formula is C21H11F11N2O2. The number of anilines is 2. The molecule has 3 rings (SSSR count). The summed E-state index contributed by atoms with van der Waals surface area (Å²) in [5.74, 6) is -8.59. The summed E-state index contributed by atoms with van der Waals surface area (Å²) in [6.07, 6.45) is -15.3. The smallest absolute Gasteiger partial charge is 0.422 e. The predicted octanol–water partition coefficient (Wildman–Crippen LogP) is 7.77. The number of hydrogen-bond donors (Lipinski definition) is 2. The van der Waals surface area contributed by atoms with Gasteiger partial charge in [0.15, 0.2) is 11.5 Å². The number of alkyl halides is 9. The van der Waals surface area contributed by atoms with Crippen LogP contribution in [0.2, 0.25) is 0 Å². The highest BCUT2D eigenvalue weighted by Crippen LogP contribution is 2.46. The summed E-state index contributed by atoms with van der Waals surface area (Å²) in [6, 6.07) is 2.90. The Morgan fingerprint density at radius 2 is 1.03 bits per heavy atom. The van der Waals surface area contributed by atoms with E-state index in [1.807, 2.05) is 0 Å². The predicted molar refractivity (Wildman–Crippen MR) is 103 cm³/mol. The van der Waals surface area contributed by atoms with Crippen LogP contribution in [0.4, 0.5) is 59.7 Å². The van der Waals surface area contributed by atoms with Gasteiger partial charge in [0.05, 0.1) is 11.1 Å². The van der Waals surface area contributed by atoms with Crippen LogP contribution in [0, 0.1) is 11.6 Å². The molecule has 36 heavy (non-hydrogen) atoms. The van der Waals surface area contributed by atoms with E-state index in [2.05, 4.69) is 0 Å². The summed E-state index contributed by atoms with van der Waals surface area (Å²) in [5.41, 5.74) is 3.71. The molecule has 0 fully saturated rings. The Morgan fingerprint density at radius 1 is 0.583 bits per heavy atom. The Morgan fingerprint density at radius 3 is 1.42 bits per heavy atom. The third kappa shape index (κ3) is 5.49. The van der Waals surface area contributed by atoms with Crippen molar-refractivity contribution in [2.24, 2.45) is 0 Å². The number of ether oxygens (including phenoxy) is 2. The van der Waals surface area contributed by atoms with Crippen LogP contribution in [0.25, 0.3) is 0 Å². The molecule has 3 aromatic carbocycles. The maximum Gasteiger partial charge on any atom is 0.422 e. The van der Waals surface area contributed by atoms with Crippen LogP contribution in [0.15, 0.2) is 42.5 Å². The summed E-state index contributed by atoms with van der Waals surface area (Å²) in [5, 5.41) is 0. The summed E-state index contributed by atoms with van der Waals surface area (Å²) in [7, 11) is 0. The van der Waals surface area contributed by atoms with Crippen LogP contribution in [0.5, 0.6) is 23.0 Å². The zero-order valence-electron chi connectivity index (χ0n) is 17.2. The summed E-state index contributed by atoms with van der Waals surface area (Å²) in [4.78, 5) is 0. The van der Waals surface area contributed by atoms with E-state index in [4.69, 9.17) is 20.9 Å². The fourth-order valence-corrected chi connectivity index (χ4v) is 2.98. The number of nitrogen functional groups attached to an aromatic ring is 2. The molecule has 194 valence electrons. The first kappa shape index (κ1) is 26.7. The molecule has 15 heteroatoms. The van der Waals surface area contributed by atoms with Gasteiger partial charge in [-0.2, -0.15) is 43.9 Å². The minimum Gasteiger partial charge on any atom is -0.454 e. The molecule has 3 aromatic rings. The van der Waals surface area contributed by atoms with E-state index in [1.165, 1.54) is 0 Å². The Balaban J connectivity index is 2.08. The Bertz CT molecular complexity index is 1300. The second-order valence-electron chi connectivity index (χ2n) is 7.07. The van der Waals surface area contributed by atoms with Crippen molar-refractivity contribution in [1.82, 2.24) is 0 Å². The molecule has 0 spiro atoms. The highest BCUT2D eigenvalue weighted by molar-refractivity contribution is 5.56. The van der Waals surface area contributed by atoms with Gasteiger partial charge in [-0.15, -0.1) is 0 Å². The van der Waals surface area contributed by atoms with Crippen molar-refractivity contribution in [2.45, 2.75) is 18.5 Å². The molecule has 0 atom stereocenters. The summed E-state index contributed by atoms with van der Waals surface area (Å²) < 4.78 is 156. The molecule has 0 bridgehead atoms. The van der Waals surface area contributed by atoms with Crippen LogP contribution >= 0.6 is 0 Å². The lowest BCUT2D eigenvalue weighted by Crippen LogP contribution is -2.13. The highest BCUT2D eigenvalue weighted by atomic mass is 19.4. The molecule has 4 nitrogen and oxygen atoms in total. The number of benzene rings is 3. The average Bonchev–Trinajstić information content (AvgIpc) is 2.68. The molecule has 0 saturated carbocycles. The van der Waals surface area contributed by atoms with Crippen molar-refractivity contribution in [3.8, 4) is 23.0 Å². The zero-order chi connectivity index (χ0) is 27.2. The SMILES string of the molecule is Nc1cc(Oc2cc(F)c(C(F)(F)F)c(Oc3ccc(C(F)(F)F)c(N)c3)c2F)ccc1C(F)(F)F. The average molecular weight is 532 g/mol. The summed E-state index contributed by atoms with van der Waals surface area (Å²) in [6.45, 7) is 0. The van der Waals surface area contributed by atoms with Gasteiger partial charge in [-0.3, -0.25) is 0 Å². The Hall–Kier alpha value is -3.91. The number of nitrogens with two attached hydrogens (primary N) is 2. The monoisotopic (exact) mass is 532 g/mol. The molecule has 0 aromatic heterocycles. The second-order valence-corrected chi connectivity index (χ2v) is 7.07. The highest BCUT2D eigenvalue weighted by Gasteiger charge is 2.42. The molecular weight excluding hydrogens is 521 g/mol. The lowest BCUT2D eigenvalue weighted by atomic mass is 10.1. The zero-order valence-corrected chi connectivity index (χ0v) is 17.2. The van der Waals surface area contributed by atoms with E-state index >= 15 is 4.39 Å². The quantitative estimate of drug-likeness (QED) is 0.266. The molecule has 4 N–H and O–H groups in total. The lowest BCUT2D eigenvalue weighted by molar-refractivity contribution is -0.141. The summed E-state index contributed by atoms with van der Waals surface area (Å²) >= 11 is 0. The number of rotatable bonds is 4. The normalized spacial score (nSPS) is 12.5. The number of halogens is 11. The molecule has 0 unspecified atom stereocenters. The molecule has 0 aliphatic heterocycles. The molecule has 0 heterocycles. The van der Waals surface area contributed by atoms with E-state index in [9.17, 15) is 43.9 Å². The van der Waals surface area contributed by atoms with Crippen molar-refractivity contribution in [2.75, 3.05) is 11.5 Å². The van der Waals surface area contributed by atoms with Gasteiger partial charge in [0.25, 0.3) is 0 Å². The van der Waals surface area contributed by atoms with Gasteiger partial charge >= 0.3 is 18.5 Å². The molecule has 0 amide bonds. The Kier molecular flexibility index (Phi) is 6.63. The second kappa shape index (κ2) is 8.95. The molecule has 0 radical (unpaired) electrons. The van der Waals surface area contributed by atoms with Crippen molar-refractivity contribution < 1.29 is 57.8 Å². The first-order chi connectivity index (χ1) is 16.4. The van der Waals surface area contributed by atoms with Crippen LogP contribution in [0.3, 0.4) is 0 Å². The van der Waals surface area contributed by atoms with Crippen LogP contribution in [0.1, 0.15) is 16.7 Å². The van der Waals surface area contributed by atoms with E-state index in [0.29, 0.717) is 36.4 Å². The first-order valence-corrected chi connectivity index (χ1v) is 9.28. The van der Waals surface area contributed by atoms with Crippen molar-refractivity contribution >= 4 is 11.4 Å². The fourth-order valence-electron chi connectivity index (χ4n) is 2.98. The van der Waals surface area contributed by atoms with Crippen molar-refractivity contribution in [1.29, 1.82) is 0 Å². The topological polar surface area (TPSA) is 70.5 Å². The van der Waals surface area contributed by atoms with Crippen LogP contribution < -0.4 is 20.9 Å². The van der Waals surface area contributed by atoms with E-state index < -0.39 is 81.2 Å². The van der Waals surface area contributed by atoms with Gasteiger partial charge in [-0.25, -0.2) is 4.39 Å². The van der Waals surface area contributed by atoms with Gasteiger partial charge in [0.2, 0.25) is 5.82 Å².